The zero-order valence-electron chi connectivity index (χ0n) is 23.1. The minimum atomic E-state index is -0.893. The van der Waals surface area contributed by atoms with E-state index >= 15 is 0 Å². The Morgan fingerprint density at radius 3 is 2.55 bits per heavy atom. The van der Waals surface area contributed by atoms with Crippen LogP contribution in [-0.4, -0.2) is 60.5 Å². The van der Waals surface area contributed by atoms with E-state index < -0.39 is 5.41 Å². The third-order valence-corrected chi connectivity index (χ3v) is 7.44. The second kappa shape index (κ2) is 11.1. The summed E-state index contributed by atoms with van der Waals surface area (Å²) >= 11 is 0. The molecule has 1 aliphatic rings. The van der Waals surface area contributed by atoms with Gasteiger partial charge in [-0.2, -0.15) is 0 Å². The van der Waals surface area contributed by atoms with E-state index in [0.29, 0.717) is 64.6 Å². The number of nitrogens with one attached hydrogen (secondary N) is 2. The van der Waals surface area contributed by atoms with Crippen molar-refractivity contribution >= 4 is 22.8 Å². The minimum Gasteiger partial charge on any atom is -0.493 e. The van der Waals surface area contributed by atoms with Crippen molar-refractivity contribution in [1.82, 2.24) is 20.2 Å². The molecule has 4 aromatic rings. The van der Waals surface area contributed by atoms with Crippen molar-refractivity contribution < 1.29 is 23.5 Å². The number of aromatic nitrogens is 2. The van der Waals surface area contributed by atoms with Gasteiger partial charge in [-0.25, -0.2) is 9.37 Å². The molecule has 2 heterocycles. The third kappa shape index (κ3) is 5.04. The first-order chi connectivity index (χ1) is 19.2. The number of aromatic amines is 1. The number of imide groups is 1. The summed E-state index contributed by atoms with van der Waals surface area (Å²) in [5.74, 6) is 0.904. The second-order valence-corrected chi connectivity index (χ2v) is 10.4. The third-order valence-electron chi connectivity index (χ3n) is 7.44. The van der Waals surface area contributed by atoms with Crippen molar-refractivity contribution in [1.29, 1.82) is 0 Å². The van der Waals surface area contributed by atoms with E-state index in [1.54, 1.807) is 26.4 Å². The molecule has 0 bridgehead atoms. The number of carbonyl (C=O) groups excluding carboxylic acids is 2. The molecular formula is C31H33FN4O4. The molecular weight excluding hydrogens is 511 g/mol. The quantitative estimate of drug-likeness (QED) is 0.219. The van der Waals surface area contributed by atoms with Gasteiger partial charge in [0.25, 0.3) is 5.91 Å². The highest BCUT2D eigenvalue weighted by atomic mass is 19.1. The lowest BCUT2D eigenvalue weighted by Gasteiger charge is -2.37. The van der Waals surface area contributed by atoms with Gasteiger partial charge < -0.3 is 19.8 Å². The fourth-order valence-corrected chi connectivity index (χ4v) is 5.22. The topological polar surface area (TPSA) is 96.5 Å². The molecule has 0 atom stereocenters. The van der Waals surface area contributed by atoms with Crippen LogP contribution in [0.25, 0.3) is 22.4 Å². The van der Waals surface area contributed by atoms with E-state index in [4.69, 9.17) is 9.47 Å². The van der Waals surface area contributed by atoms with Crippen LogP contribution in [0, 0.1) is 5.82 Å². The summed E-state index contributed by atoms with van der Waals surface area (Å²) in [4.78, 5) is 36.3. The van der Waals surface area contributed by atoms with Crippen molar-refractivity contribution in [2.75, 3.05) is 33.9 Å². The fourth-order valence-electron chi connectivity index (χ4n) is 5.22. The van der Waals surface area contributed by atoms with Gasteiger partial charge in [0.15, 0.2) is 11.5 Å². The van der Waals surface area contributed by atoms with Crippen molar-refractivity contribution in [3.63, 3.8) is 0 Å². The van der Waals surface area contributed by atoms with Crippen LogP contribution in [0.2, 0.25) is 0 Å². The number of hydrogen-bond donors (Lipinski definition) is 2. The molecule has 3 aromatic carbocycles. The molecule has 1 aliphatic heterocycles. The van der Waals surface area contributed by atoms with Crippen LogP contribution in [-0.2, 0) is 16.6 Å². The Bertz CT molecular complexity index is 1580. The van der Waals surface area contributed by atoms with Gasteiger partial charge in [0.05, 0.1) is 30.7 Å². The van der Waals surface area contributed by atoms with Gasteiger partial charge in [0, 0.05) is 12.1 Å². The highest BCUT2D eigenvalue weighted by molar-refractivity contribution is 6.18. The van der Waals surface area contributed by atoms with Gasteiger partial charge in [-0.05, 0) is 81.2 Å². The number of benzene rings is 3. The number of H-pyrrole nitrogens is 1. The maximum atomic E-state index is 13.8. The molecule has 1 aromatic heterocycles. The van der Waals surface area contributed by atoms with Gasteiger partial charge in [-0.1, -0.05) is 24.3 Å². The van der Waals surface area contributed by atoms with E-state index in [0.717, 1.165) is 18.5 Å². The number of carbonyl (C=O) groups is 2. The van der Waals surface area contributed by atoms with E-state index in [1.807, 2.05) is 44.2 Å². The molecule has 0 fully saturated rings. The van der Waals surface area contributed by atoms with Gasteiger partial charge >= 0.3 is 0 Å². The molecule has 0 radical (unpaired) electrons. The summed E-state index contributed by atoms with van der Waals surface area (Å²) < 4.78 is 24.5. The molecule has 2 amide bonds. The Kier molecular flexibility index (Phi) is 7.58. The van der Waals surface area contributed by atoms with E-state index in [1.165, 1.54) is 17.0 Å². The predicted molar refractivity (Wildman–Crippen MR) is 151 cm³/mol. The van der Waals surface area contributed by atoms with Gasteiger partial charge in [0.2, 0.25) is 5.91 Å². The van der Waals surface area contributed by atoms with Gasteiger partial charge in [-0.15, -0.1) is 0 Å². The highest BCUT2D eigenvalue weighted by Crippen LogP contribution is 2.38. The van der Waals surface area contributed by atoms with Crippen molar-refractivity contribution in [3.05, 3.63) is 77.1 Å². The number of nitrogens with zero attached hydrogens (tertiary/aromatic N) is 2. The largest absolute Gasteiger partial charge is 0.493 e. The number of rotatable bonds is 10. The molecule has 2 N–H and O–H groups in total. The molecule has 40 heavy (non-hydrogen) atoms. The Hall–Kier alpha value is -4.24. The molecule has 5 rings (SSSR count). The Morgan fingerprint density at radius 2 is 1.80 bits per heavy atom. The summed E-state index contributed by atoms with van der Waals surface area (Å²) in [7, 11) is 3.22. The predicted octanol–water partition coefficient (Wildman–Crippen LogP) is 4.87. The molecule has 208 valence electrons. The molecule has 0 aliphatic carbocycles. The summed E-state index contributed by atoms with van der Waals surface area (Å²) in [6.45, 7) is 5.35. The number of methoxy groups -OCH3 is 2. The number of halogens is 1. The Balaban J connectivity index is 1.28. The van der Waals surface area contributed by atoms with Crippen molar-refractivity contribution in [2.45, 2.75) is 32.1 Å². The maximum absolute atomic E-state index is 13.8. The smallest absolute Gasteiger partial charge is 0.263 e. The molecule has 0 spiro atoms. The summed E-state index contributed by atoms with van der Waals surface area (Å²) in [5, 5.41) is 3.40. The van der Waals surface area contributed by atoms with Crippen LogP contribution in [0.5, 0.6) is 11.5 Å². The van der Waals surface area contributed by atoms with Crippen LogP contribution in [0.3, 0.4) is 0 Å². The number of imidazole rings is 1. The standard InChI is InChI=1S/C31H33FN4O4/c1-31(2)22-10-11-23-27(35-28(34-23)20-7-5-8-21(32)18-20)26(22)29(37)36(30(31)38)16-6-14-33-15-13-19-9-12-24(39-3)25(17-19)40-4/h5,7-12,17-18,33H,6,13-16H2,1-4H3,(H,34,35). The first kappa shape index (κ1) is 27.3. The second-order valence-electron chi connectivity index (χ2n) is 10.4. The van der Waals surface area contributed by atoms with Gasteiger partial charge in [-0.3, -0.25) is 14.5 Å². The number of ether oxygens (including phenoxy) is 2. The van der Waals surface area contributed by atoms with Crippen molar-refractivity contribution in [2.24, 2.45) is 0 Å². The molecule has 0 unspecified atom stereocenters. The highest BCUT2D eigenvalue weighted by Gasteiger charge is 2.45. The number of hydrogen-bond acceptors (Lipinski definition) is 6. The van der Waals surface area contributed by atoms with Crippen LogP contribution in [0.4, 0.5) is 4.39 Å². The monoisotopic (exact) mass is 544 g/mol. The number of fused-ring (bicyclic) bond motifs is 3. The first-order valence-corrected chi connectivity index (χ1v) is 13.3. The SMILES string of the molecule is COc1ccc(CCNCCCN2C(=O)c3c(ccc4[nH]c(-c5cccc(F)c5)nc34)C(C)(C)C2=O)cc1OC. The van der Waals surface area contributed by atoms with Crippen molar-refractivity contribution in [3.8, 4) is 22.9 Å². The zero-order chi connectivity index (χ0) is 28.4. The Morgan fingerprint density at radius 1 is 1.00 bits per heavy atom. The molecule has 9 heteroatoms. The summed E-state index contributed by atoms with van der Waals surface area (Å²) in [5.41, 5.74) is 3.02. The van der Waals surface area contributed by atoms with Crippen LogP contribution in [0.1, 0.15) is 41.8 Å². The molecule has 0 saturated heterocycles. The lowest BCUT2D eigenvalue weighted by molar-refractivity contribution is -0.134. The van der Waals surface area contributed by atoms with E-state index in [2.05, 4.69) is 15.3 Å². The lowest BCUT2D eigenvalue weighted by atomic mass is 9.76. The van der Waals surface area contributed by atoms with Crippen LogP contribution < -0.4 is 14.8 Å². The van der Waals surface area contributed by atoms with E-state index in [9.17, 15) is 14.0 Å². The van der Waals surface area contributed by atoms with E-state index in [-0.39, 0.29) is 17.6 Å². The molecule has 8 nitrogen and oxygen atoms in total. The summed E-state index contributed by atoms with van der Waals surface area (Å²) in [6.07, 6.45) is 1.41. The number of amides is 2. The van der Waals surface area contributed by atoms with Crippen LogP contribution >= 0.6 is 0 Å². The summed E-state index contributed by atoms with van der Waals surface area (Å²) in [6, 6.07) is 15.6. The minimum absolute atomic E-state index is 0.226. The Labute approximate surface area is 232 Å². The normalized spacial score (nSPS) is 14.5. The van der Waals surface area contributed by atoms with Gasteiger partial charge in [0.1, 0.15) is 17.2 Å². The first-order valence-electron chi connectivity index (χ1n) is 13.3. The maximum Gasteiger partial charge on any atom is 0.263 e. The zero-order valence-corrected chi connectivity index (χ0v) is 23.1. The van der Waals surface area contributed by atoms with Crippen LogP contribution in [0.15, 0.2) is 54.6 Å². The fraction of sp³-hybridized carbons (Fsp3) is 0.323. The average Bonchev–Trinajstić information content (AvgIpc) is 3.39. The lowest BCUT2D eigenvalue weighted by Crippen LogP contribution is -2.52. The average molecular weight is 545 g/mol. The molecule has 0 saturated carbocycles.